The van der Waals surface area contributed by atoms with E-state index < -0.39 is 0 Å². The van der Waals surface area contributed by atoms with Crippen LogP contribution in [0.4, 0.5) is 5.13 Å². The van der Waals surface area contributed by atoms with Gasteiger partial charge in [-0.25, -0.2) is 14.6 Å². The van der Waals surface area contributed by atoms with Crippen LogP contribution >= 0.6 is 11.3 Å². The van der Waals surface area contributed by atoms with E-state index in [1.165, 1.54) is 11.3 Å². The Bertz CT molecular complexity index is 985. The number of fused-ring (bicyclic) bond motifs is 1. The van der Waals surface area contributed by atoms with Crippen LogP contribution < -0.4 is 5.73 Å². The molecule has 4 rings (SSSR count). The van der Waals surface area contributed by atoms with Crippen molar-refractivity contribution < 1.29 is 14.7 Å². The standard InChI is InChI=1S/C18H20N6OS.CH2O2/c1-11(2)14-16-21-15(12-6-4-3-5-7-12)22-24(16)9-8-23(14)17(25)13-10-20-18(19)26-13;2-1-3/h3-7,10-11,14H,8-9H2,1-2H3,(H2,19,20);1H,(H,2,3)/t14-;/m0./s1. The monoisotopic (exact) mass is 414 g/mol. The lowest BCUT2D eigenvalue weighted by atomic mass is 9.99. The molecule has 0 fully saturated rings. The van der Waals surface area contributed by atoms with Crippen molar-refractivity contribution in [2.45, 2.75) is 26.4 Å². The maximum Gasteiger partial charge on any atom is 0.290 e. The number of anilines is 1. The average molecular weight is 414 g/mol. The third-order valence-corrected chi connectivity index (χ3v) is 5.33. The Morgan fingerprint density at radius 2 is 2.00 bits per heavy atom. The van der Waals surface area contributed by atoms with E-state index in [0.29, 0.717) is 28.9 Å². The van der Waals surface area contributed by atoms with Gasteiger partial charge in [-0.15, -0.1) is 0 Å². The van der Waals surface area contributed by atoms with E-state index in [0.717, 1.165) is 11.4 Å². The van der Waals surface area contributed by atoms with Gasteiger partial charge in [0.25, 0.3) is 12.4 Å². The van der Waals surface area contributed by atoms with Crippen molar-refractivity contribution in [3.05, 3.63) is 47.2 Å². The second-order valence-electron chi connectivity index (χ2n) is 6.74. The van der Waals surface area contributed by atoms with Gasteiger partial charge in [-0.05, 0) is 5.92 Å². The minimum absolute atomic E-state index is 0.0478. The van der Waals surface area contributed by atoms with E-state index in [4.69, 9.17) is 20.6 Å². The van der Waals surface area contributed by atoms with Crippen LogP contribution in [0.25, 0.3) is 11.4 Å². The van der Waals surface area contributed by atoms with Gasteiger partial charge in [-0.2, -0.15) is 5.10 Å². The van der Waals surface area contributed by atoms with Gasteiger partial charge in [0.05, 0.1) is 18.8 Å². The zero-order valence-electron chi connectivity index (χ0n) is 16.1. The highest BCUT2D eigenvalue weighted by Gasteiger charge is 2.36. The molecule has 1 atom stereocenters. The molecular weight excluding hydrogens is 392 g/mol. The Labute approximate surface area is 171 Å². The molecule has 1 aliphatic rings. The highest BCUT2D eigenvalue weighted by Crippen LogP contribution is 2.34. The number of carbonyl (C=O) groups excluding carboxylic acids is 1. The highest BCUT2D eigenvalue weighted by molar-refractivity contribution is 7.17. The number of nitrogens with zero attached hydrogens (tertiary/aromatic N) is 5. The molecule has 152 valence electrons. The normalized spacial score (nSPS) is 15.4. The molecule has 1 amide bonds. The van der Waals surface area contributed by atoms with Crippen molar-refractivity contribution in [2.75, 3.05) is 12.3 Å². The zero-order valence-corrected chi connectivity index (χ0v) is 16.9. The van der Waals surface area contributed by atoms with Gasteiger partial charge < -0.3 is 15.7 Å². The molecule has 1 aromatic carbocycles. The van der Waals surface area contributed by atoms with Crippen LogP contribution in [0.2, 0.25) is 0 Å². The highest BCUT2D eigenvalue weighted by atomic mass is 32.1. The molecule has 0 unspecified atom stereocenters. The molecule has 2 aromatic heterocycles. The van der Waals surface area contributed by atoms with Crippen molar-refractivity contribution in [1.29, 1.82) is 0 Å². The first-order valence-electron chi connectivity index (χ1n) is 9.06. The van der Waals surface area contributed by atoms with Gasteiger partial charge in [0, 0.05) is 12.1 Å². The van der Waals surface area contributed by atoms with E-state index >= 15 is 0 Å². The maximum atomic E-state index is 13.0. The summed E-state index contributed by atoms with van der Waals surface area (Å²) >= 11 is 1.22. The van der Waals surface area contributed by atoms with Gasteiger partial charge in [-0.1, -0.05) is 55.5 Å². The fraction of sp³-hybridized carbons (Fsp3) is 0.316. The number of hydrogen-bond donors (Lipinski definition) is 2. The maximum absolute atomic E-state index is 13.0. The smallest absolute Gasteiger partial charge is 0.290 e. The molecule has 0 radical (unpaired) electrons. The number of nitrogen functional groups attached to an aromatic ring is 1. The van der Waals surface area contributed by atoms with E-state index in [1.807, 2.05) is 39.9 Å². The summed E-state index contributed by atoms with van der Waals surface area (Å²) in [6.07, 6.45) is 1.55. The quantitative estimate of drug-likeness (QED) is 0.630. The molecule has 0 aliphatic carbocycles. The first kappa shape index (κ1) is 20.5. The summed E-state index contributed by atoms with van der Waals surface area (Å²) in [6.45, 7) is 5.15. The first-order chi connectivity index (χ1) is 14.0. The topological polar surface area (TPSA) is 127 Å². The fourth-order valence-corrected chi connectivity index (χ4v) is 3.98. The lowest BCUT2D eigenvalue weighted by Gasteiger charge is -2.37. The number of aromatic nitrogens is 4. The van der Waals surface area contributed by atoms with E-state index in [9.17, 15) is 4.79 Å². The number of rotatable bonds is 3. The summed E-state index contributed by atoms with van der Waals surface area (Å²) < 4.78 is 1.93. The van der Waals surface area contributed by atoms with Crippen LogP contribution in [0.15, 0.2) is 36.5 Å². The molecule has 1 aliphatic heterocycles. The van der Waals surface area contributed by atoms with Crippen molar-refractivity contribution in [3.63, 3.8) is 0 Å². The zero-order chi connectivity index (χ0) is 21.0. The molecule has 0 saturated carbocycles. The van der Waals surface area contributed by atoms with E-state index in [-0.39, 0.29) is 24.3 Å². The molecular formula is C19H22N6O3S. The van der Waals surface area contributed by atoms with Gasteiger partial charge in [0.1, 0.15) is 4.88 Å². The van der Waals surface area contributed by atoms with Gasteiger partial charge in [0.15, 0.2) is 16.8 Å². The molecule has 0 spiro atoms. The van der Waals surface area contributed by atoms with Crippen molar-refractivity contribution in [3.8, 4) is 11.4 Å². The molecule has 9 nitrogen and oxygen atoms in total. The molecule has 3 heterocycles. The van der Waals surface area contributed by atoms with E-state index in [1.54, 1.807) is 6.20 Å². The number of carbonyl (C=O) groups is 2. The fourth-order valence-electron chi connectivity index (χ4n) is 3.34. The number of carboxylic acid groups (broad SMARTS) is 1. The summed E-state index contributed by atoms with van der Waals surface area (Å²) in [5.41, 5.74) is 6.67. The van der Waals surface area contributed by atoms with Crippen LogP contribution in [0.5, 0.6) is 0 Å². The summed E-state index contributed by atoms with van der Waals surface area (Å²) in [5.74, 6) is 1.68. The number of nitrogens with two attached hydrogens (primary N) is 1. The first-order valence-corrected chi connectivity index (χ1v) is 9.88. The minimum Gasteiger partial charge on any atom is -0.483 e. The number of hydrogen-bond acceptors (Lipinski definition) is 7. The van der Waals surface area contributed by atoms with Gasteiger partial charge in [-0.3, -0.25) is 9.59 Å². The SMILES string of the molecule is CC(C)[C@H]1c2nc(-c3ccccc3)nn2CCN1C(=O)c1cnc(N)s1.O=CO. The third kappa shape index (κ3) is 4.27. The van der Waals surface area contributed by atoms with Gasteiger partial charge >= 0.3 is 0 Å². The second kappa shape index (κ2) is 8.82. The van der Waals surface area contributed by atoms with E-state index in [2.05, 4.69) is 23.9 Å². The van der Waals surface area contributed by atoms with Crippen molar-refractivity contribution in [2.24, 2.45) is 5.92 Å². The minimum atomic E-state index is -0.250. The summed E-state index contributed by atoms with van der Waals surface area (Å²) in [6, 6.07) is 9.77. The van der Waals surface area contributed by atoms with Crippen LogP contribution in [-0.2, 0) is 11.3 Å². The van der Waals surface area contributed by atoms with Crippen molar-refractivity contribution >= 4 is 28.8 Å². The predicted molar refractivity (Wildman–Crippen MR) is 109 cm³/mol. The number of amides is 1. The Kier molecular flexibility index (Phi) is 6.23. The Morgan fingerprint density at radius 1 is 1.31 bits per heavy atom. The summed E-state index contributed by atoms with van der Waals surface area (Å²) in [5, 5.41) is 12.0. The molecule has 0 saturated heterocycles. The predicted octanol–water partition coefficient (Wildman–Crippen LogP) is 2.54. The Balaban J connectivity index is 0.000000755. The number of thiazole rings is 1. The second-order valence-corrected chi connectivity index (χ2v) is 7.80. The molecule has 0 bridgehead atoms. The molecule has 3 aromatic rings. The molecule has 10 heteroatoms. The summed E-state index contributed by atoms with van der Waals surface area (Å²) in [4.78, 5) is 32.6. The Hall–Kier alpha value is -3.27. The van der Waals surface area contributed by atoms with Crippen molar-refractivity contribution in [1.82, 2.24) is 24.6 Å². The van der Waals surface area contributed by atoms with Gasteiger partial charge in [0.2, 0.25) is 0 Å². The lowest BCUT2D eigenvalue weighted by molar-refractivity contribution is -0.122. The van der Waals surface area contributed by atoms with Crippen LogP contribution in [-0.4, -0.2) is 48.7 Å². The Morgan fingerprint density at radius 3 is 2.59 bits per heavy atom. The summed E-state index contributed by atoms with van der Waals surface area (Å²) in [7, 11) is 0. The molecule has 29 heavy (non-hydrogen) atoms. The number of benzene rings is 1. The average Bonchev–Trinajstić information content (AvgIpc) is 3.34. The largest absolute Gasteiger partial charge is 0.483 e. The third-order valence-electron chi connectivity index (χ3n) is 4.51. The van der Waals surface area contributed by atoms with Crippen LogP contribution in [0.3, 0.4) is 0 Å². The molecule has 3 N–H and O–H groups in total. The van der Waals surface area contributed by atoms with Crippen LogP contribution in [0.1, 0.15) is 35.4 Å². The lowest BCUT2D eigenvalue weighted by Crippen LogP contribution is -2.44. The van der Waals surface area contributed by atoms with Crippen LogP contribution in [0, 0.1) is 5.92 Å².